The lowest BCUT2D eigenvalue weighted by molar-refractivity contribution is -0.122. The minimum absolute atomic E-state index is 0.0312. The molecular weight excluding hydrogens is 264 g/mol. The zero-order valence-corrected chi connectivity index (χ0v) is 11.4. The van der Waals surface area contributed by atoms with E-state index >= 15 is 0 Å². The third-order valence-electron chi connectivity index (χ3n) is 2.42. The first-order valence-corrected chi connectivity index (χ1v) is 5.97. The number of carbonyl (C=O) groups excluding carboxylic acids is 1. The summed E-state index contributed by atoms with van der Waals surface area (Å²) in [6, 6.07) is 4.68. The molecule has 0 aromatic heterocycles. The average molecular weight is 278 g/mol. The number of hydrogen-bond acceptors (Lipinski definition) is 1. The number of benzene rings is 1. The van der Waals surface area contributed by atoms with Crippen LogP contribution in [0.25, 0.3) is 0 Å². The maximum atomic E-state index is 13.8. The highest BCUT2D eigenvalue weighted by Crippen LogP contribution is 2.27. The molecule has 0 fully saturated rings. The SMILES string of the molecule is CC(Cl)C(=O)NC(C)(C)c1cccc(Cl)c1F. The first-order chi connectivity index (χ1) is 7.75. The van der Waals surface area contributed by atoms with E-state index in [2.05, 4.69) is 5.32 Å². The van der Waals surface area contributed by atoms with Crippen LogP contribution in [0.1, 0.15) is 26.3 Å². The summed E-state index contributed by atoms with van der Waals surface area (Å²) >= 11 is 11.4. The van der Waals surface area contributed by atoms with Gasteiger partial charge in [0, 0.05) is 5.56 Å². The topological polar surface area (TPSA) is 29.1 Å². The van der Waals surface area contributed by atoms with Crippen molar-refractivity contribution in [2.24, 2.45) is 0 Å². The van der Waals surface area contributed by atoms with Crippen molar-refractivity contribution in [3.63, 3.8) is 0 Å². The molecule has 1 aromatic carbocycles. The van der Waals surface area contributed by atoms with Crippen molar-refractivity contribution in [2.75, 3.05) is 0 Å². The van der Waals surface area contributed by atoms with Crippen LogP contribution in [0.4, 0.5) is 4.39 Å². The molecule has 94 valence electrons. The predicted molar refractivity (Wildman–Crippen MR) is 67.9 cm³/mol. The zero-order valence-electron chi connectivity index (χ0n) is 9.85. The Morgan fingerprint density at radius 3 is 2.59 bits per heavy atom. The van der Waals surface area contributed by atoms with Crippen molar-refractivity contribution in [3.05, 3.63) is 34.6 Å². The maximum Gasteiger partial charge on any atom is 0.238 e. The molecule has 0 aliphatic heterocycles. The number of hydrogen-bond donors (Lipinski definition) is 1. The molecule has 0 saturated heterocycles. The zero-order chi connectivity index (χ0) is 13.2. The van der Waals surface area contributed by atoms with Gasteiger partial charge in [-0.15, -0.1) is 11.6 Å². The highest BCUT2D eigenvalue weighted by molar-refractivity contribution is 6.31. The van der Waals surface area contributed by atoms with Gasteiger partial charge < -0.3 is 5.32 Å². The molecule has 2 nitrogen and oxygen atoms in total. The van der Waals surface area contributed by atoms with Crippen LogP contribution in [0.3, 0.4) is 0 Å². The molecule has 0 radical (unpaired) electrons. The molecule has 1 atom stereocenters. The highest BCUT2D eigenvalue weighted by Gasteiger charge is 2.28. The van der Waals surface area contributed by atoms with E-state index in [-0.39, 0.29) is 10.9 Å². The second-order valence-corrected chi connectivity index (χ2v) is 5.39. The molecule has 1 amide bonds. The Morgan fingerprint density at radius 2 is 2.06 bits per heavy atom. The number of rotatable bonds is 3. The van der Waals surface area contributed by atoms with E-state index in [1.807, 2.05) is 0 Å². The number of nitrogens with one attached hydrogen (secondary N) is 1. The van der Waals surface area contributed by atoms with E-state index in [0.717, 1.165) is 0 Å². The molecule has 0 saturated carbocycles. The van der Waals surface area contributed by atoms with Gasteiger partial charge in [-0.05, 0) is 26.8 Å². The van der Waals surface area contributed by atoms with Gasteiger partial charge >= 0.3 is 0 Å². The molecule has 0 spiro atoms. The molecule has 17 heavy (non-hydrogen) atoms. The van der Waals surface area contributed by atoms with Crippen molar-refractivity contribution >= 4 is 29.1 Å². The molecule has 5 heteroatoms. The van der Waals surface area contributed by atoms with Crippen LogP contribution in [0.5, 0.6) is 0 Å². The Balaban J connectivity index is 3.05. The summed E-state index contributed by atoms with van der Waals surface area (Å²) in [7, 11) is 0. The summed E-state index contributed by atoms with van der Waals surface area (Å²) in [5.41, 5.74) is -0.537. The number of alkyl halides is 1. The largest absolute Gasteiger partial charge is 0.346 e. The maximum absolute atomic E-state index is 13.8. The van der Waals surface area contributed by atoms with E-state index < -0.39 is 16.7 Å². The molecule has 0 aliphatic rings. The highest BCUT2D eigenvalue weighted by atomic mass is 35.5. The van der Waals surface area contributed by atoms with E-state index in [4.69, 9.17) is 23.2 Å². The second-order valence-electron chi connectivity index (χ2n) is 4.33. The van der Waals surface area contributed by atoms with Gasteiger partial charge in [-0.25, -0.2) is 4.39 Å². The van der Waals surface area contributed by atoms with Gasteiger partial charge in [-0.3, -0.25) is 4.79 Å². The lowest BCUT2D eigenvalue weighted by Gasteiger charge is -2.28. The summed E-state index contributed by atoms with van der Waals surface area (Å²) in [5.74, 6) is -0.877. The quantitative estimate of drug-likeness (QED) is 0.843. The van der Waals surface area contributed by atoms with E-state index in [0.29, 0.717) is 5.56 Å². The van der Waals surface area contributed by atoms with Crippen molar-refractivity contribution in [3.8, 4) is 0 Å². The summed E-state index contributed by atoms with van der Waals surface area (Å²) in [5, 5.41) is 2.03. The lowest BCUT2D eigenvalue weighted by atomic mass is 9.93. The van der Waals surface area contributed by atoms with E-state index in [1.165, 1.54) is 6.07 Å². The van der Waals surface area contributed by atoms with Crippen LogP contribution >= 0.6 is 23.2 Å². The average Bonchev–Trinajstić information content (AvgIpc) is 2.21. The van der Waals surface area contributed by atoms with Gasteiger partial charge in [-0.1, -0.05) is 23.7 Å². The van der Waals surface area contributed by atoms with Gasteiger partial charge in [0.05, 0.1) is 10.6 Å². The molecule has 1 unspecified atom stereocenters. The minimum Gasteiger partial charge on any atom is -0.346 e. The number of halogens is 3. The van der Waals surface area contributed by atoms with Gasteiger partial charge in [0.25, 0.3) is 0 Å². The van der Waals surface area contributed by atoms with Gasteiger partial charge in [0.1, 0.15) is 11.2 Å². The monoisotopic (exact) mass is 277 g/mol. The van der Waals surface area contributed by atoms with Gasteiger partial charge in [0.15, 0.2) is 0 Å². The van der Waals surface area contributed by atoms with Crippen LogP contribution in [0.15, 0.2) is 18.2 Å². The molecule has 0 bridgehead atoms. The number of amides is 1. The van der Waals surface area contributed by atoms with Crippen molar-refractivity contribution < 1.29 is 9.18 Å². The summed E-state index contributed by atoms with van der Waals surface area (Å²) in [6.45, 7) is 4.94. The fraction of sp³-hybridized carbons (Fsp3) is 0.417. The lowest BCUT2D eigenvalue weighted by Crippen LogP contribution is -2.44. The van der Waals surface area contributed by atoms with Gasteiger partial charge in [0.2, 0.25) is 5.91 Å². The summed E-state index contributed by atoms with van der Waals surface area (Å²) < 4.78 is 13.8. The molecule has 0 heterocycles. The van der Waals surface area contributed by atoms with Crippen LogP contribution in [-0.4, -0.2) is 11.3 Å². The van der Waals surface area contributed by atoms with E-state index in [1.54, 1.807) is 32.9 Å². The molecule has 1 N–H and O–H groups in total. The Morgan fingerprint density at radius 1 is 1.47 bits per heavy atom. The fourth-order valence-electron chi connectivity index (χ4n) is 1.46. The van der Waals surface area contributed by atoms with Crippen LogP contribution in [0.2, 0.25) is 5.02 Å². The van der Waals surface area contributed by atoms with Crippen LogP contribution in [-0.2, 0) is 10.3 Å². The standard InChI is InChI=1S/C12H14Cl2FNO/c1-7(13)11(17)16-12(2,3)8-5-4-6-9(14)10(8)15/h4-7H,1-3H3,(H,16,17). The molecule has 0 aliphatic carbocycles. The van der Waals surface area contributed by atoms with Gasteiger partial charge in [-0.2, -0.15) is 0 Å². The molecule has 1 rings (SSSR count). The third kappa shape index (κ3) is 3.33. The van der Waals surface area contributed by atoms with Crippen molar-refractivity contribution in [1.82, 2.24) is 5.32 Å². The van der Waals surface area contributed by atoms with Crippen LogP contribution < -0.4 is 5.32 Å². The number of carbonyl (C=O) groups is 1. The normalized spacial score (nSPS) is 13.3. The Kier molecular flexibility index (Phi) is 4.39. The molecule has 1 aromatic rings. The third-order valence-corrected chi connectivity index (χ3v) is 2.91. The first-order valence-electron chi connectivity index (χ1n) is 5.16. The van der Waals surface area contributed by atoms with Crippen LogP contribution in [0, 0.1) is 5.82 Å². The Hall–Kier alpha value is -0.800. The smallest absolute Gasteiger partial charge is 0.238 e. The van der Waals surface area contributed by atoms with E-state index in [9.17, 15) is 9.18 Å². The summed E-state index contributed by atoms with van der Waals surface area (Å²) in [4.78, 5) is 11.5. The predicted octanol–water partition coefficient (Wildman–Crippen LogP) is 3.46. The van der Waals surface area contributed by atoms with Crippen molar-refractivity contribution in [1.29, 1.82) is 0 Å². The Bertz CT molecular complexity index is 433. The summed E-state index contributed by atoms with van der Waals surface area (Å²) in [6.07, 6.45) is 0. The minimum atomic E-state index is -0.866. The fourth-order valence-corrected chi connectivity index (χ4v) is 1.69. The molecular formula is C12H14Cl2FNO. The first kappa shape index (κ1) is 14.3. The Labute approximate surface area is 110 Å². The van der Waals surface area contributed by atoms with Crippen molar-refractivity contribution in [2.45, 2.75) is 31.7 Å². The second kappa shape index (κ2) is 5.23.